The van der Waals surface area contributed by atoms with Crippen LogP contribution in [0, 0.1) is 6.92 Å². The predicted octanol–water partition coefficient (Wildman–Crippen LogP) is 1.77. The van der Waals surface area contributed by atoms with Crippen molar-refractivity contribution in [3.8, 4) is 0 Å². The molecule has 0 bridgehead atoms. The molecule has 0 aliphatic rings. The molecule has 1 heterocycles. The van der Waals surface area contributed by atoms with E-state index in [1.165, 1.54) is 6.92 Å². The SMILES string of the molecule is Cc1c(C(=O)O[C@@H](C)C(N)=O)oc2ccccc12. The summed E-state index contributed by atoms with van der Waals surface area (Å²) in [5.74, 6) is -1.28. The normalized spacial score (nSPS) is 12.3. The van der Waals surface area contributed by atoms with E-state index in [1.54, 1.807) is 13.0 Å². The minimum absolute atomic E-state index is 0.101. The average molecular weight is 247 g/mol. The van der Waals surface area contributed by atoms with Crippen molar-refractivity contribution < 1.29 is 18.7 Å². The van der Waals surface area contributed by atoms with E-state index in [9.17, 15) is 9.59 Å². The number of rotatable bonds is 3. The maximum Gasteiger partial charge on any atom is 0.375 e. The number of fused-ring (bicyclic) bond motifs is 1. The summed E-state index contributed by atoms with van der Waals surface area (Å²) in [4.78, 5) is 22.7. The number of aryl methyl sites for hydroxylation is 1. The Kier molecular flexibility index (Phi) is 3.06. The topological polar surface area (TPSA) is 82.5 Å². The summed E-state index contributed by atoms with van der Waals surface area (Å²) in [6, 6.07) is 7.28. The Labute approximate surface area is 104 Å². The Morgan fingerprint density at radius 1 is 1.33 bits per heavy atom. The van der Waals surface area contributed by atoms with Gasteiger partial charge < -0.3 is 14.9 Å². The quantitative estimate of drug-likeness (QED) is 0.838. The van der Waals surface area contributed by atoms with Crippen LogP contribution in [-0.4, -0.2) is 18.0 Å². The molecule has 2 rings (SSSR count). The number of esters is 1. The first-order chi connectivity index (χ1) is 8.50. The summed E-state index contributed by atoms with van der Waals surface area (Å²) < 4.78 is 10.3. The van der Waals surface area contributed by atoms with E-state index >= 15 is 0 Å². The molecule has 0 unspecified atom stereocenters. The van der Waals surface area contributed by atoms with E-state index in [1.807, 2.05) is 18.2 Å². The highest BCUT2D eigenvalue weighted by Gasteiger charge is 2.22. The molecule has 0 aliphatic carbocycles. The van der Waals surface area contributed by atoms with Crippen LogP contribution in [0.5, 0.6) is 0 Å². The van der Waals surface area contributed by atoms with Crippen molar-refractivity contribution in [2.75, 3.05) is 0 Å². The van der Waals surface area contributed by atoms with Crippen LogP contribution in [0.25, 0.3) is 11.0 Å². The second kappa shape index (κ2) is 4.52. The Morgan fingerprint density at radius 2 is 2.00 bits per heavy atom. The van der Waals surface area contributed by atoms with Crippen molar-refractivity contribution in [2.24, 2.45) is 5.73 Å². The number of nitrogens with two attached hydrogens (primary N) is 1. The van der Waals surface area contributed by atoms with Crippen molar-refractivity contribution in [3.05, 3.63) is 35.6 Å². The fraction of sp³-hybridized carbons (Fsp3) is 0.231. The van der Waals surface area contributed by atoms with Crippen LogP contribution in [0.2, 0.25) is 0 Å². The minimum atomic E-state index is -0.981. The van der Waals surface area contributed by atoms with Gasteiger partial charge in [-0.05, 0) is 19.9 Å². The van der Waals surface area contributed by atoms with E-state index in [-0.39, 0.29) is 5.76 Å². The fourth-order valence-corrected chi connectivity index (χ4v) is 1.64. The van der Waals surface area contributed by atoms with Crippen LogP contribution in [0.15, 0.2) is 28.7 Å². The van der Waals surface area contributed by atoms with Crippen LogP contribution >= 0.6 is 0 Å². The first kappa shape index (κ1) is 12.2. The molecule has 1 aromatic carbocycles. The average Bonchev–Trinajstić information content (AvgIpc) is 2.67. The molecule has 0 saturated heterocycles. The van der Waals surface area contributed by atoms with Gasteiger partial charge in [-0.25, -0.2) is 4.79 Å². The number of para-hydroxylation sites is 1. The lowest BCUT2D eigenvalue weighted by molar-refractivity contribution is -0.125. The monoisotopic (exact) mass is 247 g/mol. The smallest absolute Gasteiger partial charge is 0.375 e. The highest BCUT2D eigenvalue weighted by molar-refractivity contribution is 5.96. The summed E-state index contributed by atoms with van der Waals surface area (Å²) in [6.45, 7) is 3.18. The standard InChI is InChI=1S/C13H13NO4/c1-7-9-5-3-4-6-10(9)18-11(7)13(16)17-8(2)12(14)15/h3-6,8H,1-2H3,(H2,14,15)/t8-/m0/s1. The molecule has 0 fully saturated rings. The summed E-state index contributed by atoms with van der Waals surface area (Å²) in [5, 5.41) is 0.844. The van der Waals surface area contributed by atoms with Crippen molar-refractivity contribution in [1.29, 1.82) is 0 Å². The van der Waals surface area contributed by atoms with Gasteiger partial charge >= 0.3 is 5.97 Å². The predicted molar refractivity (Wildman–Crippen MR) is 65.0 cm³/mol. The summed E-state index contributed by atoms with van der Waals surface area (Å²) in [5.41, 5.74) is 6.32. The molecule has 2 N–H and O–H groups in total. The van der Waals surface area contributed by atoms with Crippen molar-refractivity contribution in [3.63, 3.8) is 0 Å². The zero-order chi connectivity index (χ0) is 13.3. The van der Waals surface area contributed by atoms with Crippen LogP contribution in [-0.2, 0) is 9.53 Å². The first-order valence-corrected chi connectivity index (χ1v) is 5.49. The largest absolute Gasteiger partial charge is 0.449 e. The molecular weight excluding hydrogens is 234 g/mol. The number of furan rings is 1. The number of amides is 1. The zero-order valence-electron chi connectivity index (χ0n) is 10.1. The summed E-state index contributed by atoms with van der Waals surface area (Å²) in [7, 11) is 0. The second-order valence-electron chi connectivity index (χ2n) is 4.00. The number of carbonyl (C=O) groups is 2. The molecule has 1 amide bonds. The maximum atomic E-state index is 11.8. The lowest BCUT2D eigenvalue weighted by atomic mass is 10.1. The Balaban J connectivity index is 2.34. The number of ether oxygens (including phenoxy) is 1. The van der Waals surface area contributed by atoms with Gasteiger partial charge in [0.2, 0.25) is 5.76 Å². The lowest BCUT2D eigenvalue weighted by Crippen LogP contribution is -2.30. The third-order valence-corrected chi connectivity index (χ3v) is 2.71. The first-order valence-electron chi connectivity index (χ1n) is 5.49. The summed E-state index contributed by atoms with van der Waals surface area (Å²) >= 11 is 0. The Morgan fingerprint density at radius 3 is 2.61 bits per heavy atom. The molecular formula is C13H13NO4. The Hall–Kier alpha value is -2.30. The highest BCUT2D eigenvalue weighted by atomic mass is 16.6. The number of benzene rings is 1. The van der Waals surface area contributed by atoms with E-state index in [0.29, 0.717) is 11.1 Å². The van der Waals surface area contributed by atoms with Crippen LogP contribution in [0.1, 0.15) is 23.0 Å². The molecule has 0 aliphatic heterocycles. The third kappa shape index (κ3) is 2.07. The maximum absolute atomic E-state index is 11.8. The van der Waals surface area contributed by atoms with Gasteiger partial charge in [0.15, 0.2) is 6.10 Å². The van der Waals surface area contributed by atoms with Gasteiger partial charge in [0.25, 0.3) is 5.91 Å². The Bertz CT molecular complexity index is 614. The van der Waals surface area contributed by atoms with Crippen LogP contribution in [0.4, 0.5) is 0 Å². The summed E-state index contributed by atoms with van der Waals surface area (Å²) in [6.07, 6.45) is -0.981. The van der Waals surface area contributed by atoms with Gasteiger partial charge in [0.05, 0.1) is 0 Å². The molecule has 94 valence electrons. The molecule has 18 heavy (non-hydrogen) atoms. The minimum Gasteiger partial charge on any atom is -0.449 e. The van der Waals surface area contributed by atoms with E-state index in [2.05, 4.69) is 0 Å². The molecule has 2 aromatic rings. The number of hydrogen-bond donors (Lipinski definition) is 1. The van der Waals surface area contributed by atoms with Crippen molar-refractivity contribution in [1.82, 2.24) is 0 Å². The molecule has 0 radical (unpaired) electrons. The van der Waals surface area contributed by atoms with Gasteiger partial charge in [-0.15, -0.1) is 0 Å². The van der Waals surface area contributed by atoms with Gasteiger partial charge in [-0.1, -0.05) is 18.2 Å². The van der Waals surface area contributed by atoms with Gasteiger partial charge in [-0.2, -0.15) is 0 Å². The van der Waals surface area contributed by atoms with E-state index < -0.39 is 18.0 Å². The second-order valence-corrected chi connectivity index (χ2v) is 4.00. The van der Waals surface area contributed by atoms with Crippen molar-refractivity contribution in [2.45, 2.75) is 20.0 Å². The van der Waals surface area contributed by atoms with Crippen LogP contribution < -0.4 is 5.73 Å². The molecule has 0 spiro atoms. The van der Waals surface area contributed by atoms with Gasteiger partial charge in [0.1, 0.15) is 5.58 Å². The number of hydrogen-bond acceptors (Lipinski definition) is 4. The third-order valence-electron chi connectivity index (χ3n) is 2.71. The van der Waals surface area contributed by atoms with Gasteiger partial charge in [0, 0.05) is 10.9 Å². The number of carbonyl (C=O) groups excluding carboxylic acids is 2. The zero-order valence-corrected chi connectivity index (χ0v) is 10.1. The van der Waals surface area contributed by atoms with Gasteiger partial charge in [-0.3, -0.25) is 4.79 Å². The molecule has 1 aromatic heterocycles. The van der Waals surface area contributed by atoms with Crippen LogP contribution in [0.3, 0.4) is 0 Å². The fourth-order valence-electron chi connectivity index (χ4n) is 1.64. The van der Waals surface area contributed by atoms with E-state index in [0.717, 1.165) is 5.39 Å². The lowest BCUT2D eigenvalue weighted by Gasteiger charge is -2.07. The number of primary amides is 1. The molecule has 5 nitrogen and oxygen atoms in total. The van der Waals surface area contributed by atoms with E-state index in [4.69, 9.17) is 14.9 Å². The molecule has 5 heteroatoms. The molecule has 1 atom stereocenters. The van der Waals surface area contributed by atoms with Crippen molar-refractivity contribution >= 4 is 22.8 Å². The molecule has 0 saturated carbocycles. The highest BCUT2D eigenvalue weighted by Crippen LogP contribution is 2.25.